The van der Waals surface area contributed by atoms with Crippen LogP contribution in [0.3, 0.4) is 0 Å². The van der Waals surface area contributed by atoms with E-state index in [-0.39, 0.29) is 0 Å². The number of hydrogen-bond acceptors (Lipinski definition) is 0. The second kappa shape index (κ2) is 16.2. The van der Waals surface area contributed by atoms with Crippen LogP contribution in [0, 0.1) is 11.8 Å². The van der Waals surface area contributed by atoms with Crippen LogP contribution in [-0.4, -0.2) is 0 Å². The SMILES string of the molecule is C=CC[C](c1ccccc1)C(CCC)CCCCCCCCCCCC. The second-order valence-corrected chi connectivity index (χ2v) is 7.84. The van der Waals surface area contributed by atoms with Gasteiger partial charge in [0.15, 0.2) is 0 Å². The van der Waals surface area contributed by atoms with Crippen molar-refractivity contribution in [1.29, 1.82) is 0 Å². The highest BCUT2D eigenvalue weighted by Gasteiger charge is 2.21. The minimum absolute atomic E-state index is 0.731. The molecule has 0 nitrogen and oxygen atoms in total. The zero-order valence-electron chi connectivity index (χ0n) is 17.6. The van der Waals surface area contributed by atoms with Crippen molar-refractivity contribution in [2.24, 2.45) is 5.92 Å². The van der Waals surface area contributed by atoms with Crippen LogP contribution < -0.4 is 0 Å². The topological polar surface area (TPSA) is 0 Å². The molecule has 147 valence electrons. The molecule has 1 radical (unpaired) electrons. The molecule has 0 amide bonds. The van der Waals surface area contributed by atoms with Crippen LogP contribution in [0.4, 0.5) is 0 Å². The Hall–Kier alpha value is -1.04. The molecule has 1 rings (SSSR count). The van der Waals surface area contributed by atoms with Gasteiger partial charge in [-0.25, -0.2) is 0 Å². The molecule has 0 aliphatic heterocycles. The average Bonchev–Trinajstić information content (AvgIpc) is 2.67. The molecule has 0 N–H and O–H groups in total. The first-order valence-electron chi connectivity index (χ1n) is 11.4. The van der Waals surface area contributed by atoms with E-state index in [1.165, 1.54) is 89.0 Å². The summed E-state index contributed by atoms with van der Waals surface area (Å²) in [5, 5.41) is 0. The third-order valence-corrected chi connectivity index (χ3v) is 5.54. The molecule has 1 aromatic rings. The van der Waals surface area contributed by atoms with Gasteiger partial charge in [-0.2, -0.15) is 0 Å². The zero-order chi connectivity index (χ0) is 18.9. The average molecular weight is 356 g/mol. The Kier molecular flexibility index (Phi) is 14.3. The summed E-state index contributed by atoms with van der Waals surface area (Å²) >= 11 is 0. The van der Waals surface area contributed by atoms with E-state index in [4.69, 9.17) is 0 Å². The van der Waals surface area contributed by atoms with Crippen molar-refractivity contribution in [3.63, 3.8) is 0 Å². The van der Waals surface area contributed by atoms with Crippen LogP contribution in [0.25, 0.3) is 0 Å². The van der Waals surface area contributed by atoms with Gasteiger partial charge in [-0.05, 0) is 30.7 Å². The summed E-state index contributed by atoms with van der Waals surface area (Å²) in [5.74, 6) is 2.34. The third-order valence-electron chi connectivity index (χ3n) is 5.54. The number of unbranched alkanes of at least 4 members (excludes halogenated alkanes) is 9. The monoisotopic (exact) mass is 355 g/mol. The van der Waals surface area contributed by atoms with Gasteiger partial charge in [0.25, 0.3) is 0 Å². The molecule has 1 aromatic carbocycles. The summed E-state index contributed by atoms with van der Waals surface area (Å²) in [4.78, 5) is 0. The van der Waals surface area contributed by atoms with Crippen LogP contribution in [0.2, 0.25) is 0 Å². The molecule has 0 saturated carbocycles. The molecular weight excluding hydrogens is 312 g/mol. The maximum Gasteiger partial charge on any atom is 0.0118 e. The van der Waals surface area contributed by atoms with Crippen LogP contribution in [-0.2, 0) is 0 Å². The molecule has 0 aromatic heterocycles. The molecule has 1 unspecified atom stereocenters. The first-order chi connectivity index (χ1) is 12.8. The largest absolute Gasteiger partial charge is 0.103 e. The molecule has 0 spiro atoms. The van der Waals surface area contributed by atoms with Crippen LogP contribution in [0.15, 0.2) is 43.0 Å². The van der Waals surface area contributed by atoms with Crippen molar-refractivity contribution in [2.45, 2.75) is 104 Å². The smallest absolute Gasteiger partial charge is 0.0118 e. The standard InChI is InChI=1S/C26H43/c1-4-7-8-9-10-11-12-13-14-16-21-24(19-5-2)26(20-6-3)25-22-17-15-18-23-25/h6,15,17-18,22-24H,3-5,7-14,16,19-21H2,1-2H3. The van der Waals surface area contributed by atoms with Gasteiger partial charge < -0.3 is 0 Å². The number of benzene rings is 1. The van der Waals surface area contributed by atoms with Crippen molar-refractivity contribution in [3.05, 3.63) is 54.5 Å². The summed E-state index contributed by atoms with van der Waals surface area (Å²) in [6.45, 7) is 8.62. The molecule has 26 heavy (non-hydrogen) atoms. The van der Waals surface area contributed by atoms with E-state index in [0.717, 1.165) is 12.3 Å². The molecular formula is C26H43. The van der Waals surface area contributed by atoms with Crippen molar-refractivity contribution in [2.75, 3.05) is 0 Å². The summed E-state index contributed by atoms with van der Waals surface area (Å²) in [6.07, 6.45) is 21.3. The van der Waals surface area contributed by atoms with Gasteiger partial charge in [-0.1, -0.05) is 121 Å². The minimum Gasteiger partial charge on any atom is -0.103 e. The van der Waals surface area contributed by atoms with Gasteiger partial charge >= 0.3 is 0 Å². The van der Waals surface area contributed by atoms with Crippen molar-refractivity contribution in [3.8, 4) is 0 Å². The maximum absolute atomic E-state index is 4.00. The number of allylic oxidation sites excluding steroid dienone is 1. The van der Waals surface area contributed by atoms with Crippen molar-refractivity contribution >= 4 is 0 Å². The Labute approximate surface area is 164 Å². The Morgan fingerprint density at radius 2 is 1.35 bits per heavy atom. The van der Waals surface area contributed by atoms with Gasteiger partial charge in [0, 0.05) is 5.92 Å². The molecule has 0 heterocycles. The van der Waals surface area contributed by atoms with Crippen LogP contribution in [0.5, 0.6) is 0 Å². The minimum atomic E-state index is 0.731. The van der Waals surface area contributed by atoms with Gasteiger partial charge in [-0.15, -0.1) is 6.58 Å². The quantitative estimate of drug-likeness (QED) is 0.193. The summed E-state index contributed by atoms with van der Waals surface area (Å²) in [5.41, 5.74) is 1.43. The lowest BCUT2D eigenvalue weighted by atomic mass is 9.78. The predicted molar refractivity (Wildman–Crippen MR) is 118 cm³/mol. The highest BCUT2D eigenvalue weighted by molar-refractivity contribution is 5.32. The predicted octanol–water partition coefficient (Wildman–Crippen LogP) is 8.91. The normalized spacial score (nSPS) is 12.4. The van der Waals surface area contributed by atoms with Crippen LogP contribution >= 0.6 is 0 Å². The van der Waals surface area contributed by atoms with E-state index >= 15 is 0 Å². The van der Waals surface area contributed by atoms with Gasteiger partial charge in [0.2, 0.25) is 0 Å². The molecule has 0 aliphatic carbocycles. The lowest BCUT2D eigenvalue weighted by Crippen LogP contribution is -2.14. The third kappa shape index (κ3) is 10.2. The van der Waals surface area contributed by atoms with Crippen molar-refractivity contribution in [1.82, 2.24) is 0 Å². The molecule has 0 heteroatoms. The zero-order valence-corrected chi connectivity index (χ0v) is 17.6. The van der Waals surface area contributed by atoms with Gasteiger partial charge in [-0.3, -0.25) is 0 Å². The Morgan fingerprint density at radius 3 is 1.88 bits per heavy atom. The lowest BCUT2D eigenvalue weighted by Gasteiger charge is -2.26. The lowest BCUT2D eigenvalue weighted by molar-refractivity contribution is 0.433. The fourth-order valence-electron chi connectivity index (χ4n) is 4.05. The molecule has 0 aliphatic rings. The van der Waals surface area contributed by atoms with Gasteiger partial charge in [0.1, 0.15) is 0 Å². The number of rotatable bonds is 17. The first-order valence-corrected chi connectivity index (χ1v) is 11.4. The fourth-order valence-corrected chi connectivity index (χ4v) is 4.05. The van der Waals surface area contributed by atoms with E-state index in [0.29, 0.717) is 0 Å². The first kappa shape index (κ1) is 23.0. The summed E-state index contributed by atoms with van der Waals surface area (Å²) in [7, 11) is 0. The summed E-state index contributed by atoms with van der Waals surface area (Å²) in [6, 6.07) is 11.0. The Balaban J connectivity index is 2.30. The fraction of sp³-hybridized carbons (Fsp3) is 0.654. The van der Waals surface area contributed by atoms with Crippen molar-refractivity contribution < 1.29 is 0 Å². The van der Waals surface area contributed by atoms with E-state index in [1.807, 2.05) is 0 Å². The molecule has 0 fully saturated rings. The Bertz CT molecular complexity index is 419. The summed E-state index contributed by atoms with van der Waals surface area (Å²) < 4.78 is 0. The van der Waals surface area contributed by atoms with Gasteiger partial charge in [0.05, 0.1) is 0 Å². The highest BCUT2D eigenvalue weighted by atomic mass is 14.3. The second-order valence-electron chi connectivity index (χ2n) is 7.84. The van der Waals surface area contributed by atoms with Crippen LogP contribution in [0.1, 0.15) is 109 Å². The van der Waals surface area contributed by atoms with E-state index in [9.17, 15) is 0 Å². The molecule has 0 bridgehead atoms. The highest BCUT2D eigenvalue weighted by Crippen LogP contribution is 2.34. The van der Waals surface area contributed by atoms with E-state index < -0.39 is 0 Å². The maximum atomic E-state index is 4.00. The molecule has 1 atom stereocenters. The Morgan fingerprint density at radius 1 is 0.769 bits per heavy atom. The molecule has 0 saturated heterocycles. The van der Waals surface area contributed by atoms with E-state index in [2.05, 4.69) is 56.8 Å². The van der Waals surface area contributed by atoms with E-state index in [1.54, 1.807) is 5.92 Å². The number of hydrogen-bond donors (Lipinski definition) is 0.